The van der Waals surface area contributed by atoms with Gasteiger partial charge < -0.3 is 20.6 Å². The number of aryl methyl sites for hydroxylation is 1. The third-order valence-corrected chi connectivity index (χ3v) is 1.84. The van der Waals surface area contributed by atoms with Crippen LogP contribution in [0.2, 0.25) is 0 Å². The zero-order valence-electron chi connectivity index (χ0n) is 8.49. The molecule has 6 nitrogen and oxygen atoms in total. The molecule has 0 spiro atoms. The molecule has 0 aliphatic carbocycles. The van der Waals surface area contributed by atoms with Gasteiger partial charge in [-0.25, -0.2) is 4.79 Å². The molecule has 0 aliphatic heterocycles. The van der Waals surface area contributed by atoms with E-state index in [-0.39, 0.29) is 29.4 Å². The van der Waals surface area contributed by atoms with Gasteiger partial charge in [0.1, 0.15) is 16.9 Å². The zero-order chi connectivity index (χ0) is 11.6. The molecule has 1 amide bonds. The quantitative estimate of drug-likeness (QED) is 0.707. The van der Waals surface area contributed by atoms with E-state index in [0.29, 0.717) is 0 Å². The van der Waals surface area contributed by atoms with Gasteiger partial charge in [0.05, 0.1) is 6.61 Å². The molecule has 6 heteroatoms. The molecule has 0 radical (unpaired) electrons. The summed E-state index contributed by atoms with van der Waals surface area (Å²) in [5.74, 6) is -1.42. The van der Waals surface area contributed by atoms with Gasteiger partial charge in [0, 0.05) is 0 Å². The molecule has 1 aromatic rings. The van der Waals surface area contributed by atoms with Gasteiger partial charge in [-0.15, -0.1) is 0 Å². The summed E-state index contributed by atoms with van der Waals surface area (Å²) in [5, 5.41) is 0. The topological polar surface area (TPSA) is 109 Å². The second-order valence-electron chi connectivity index (χ2n) is 2.86. The SMILES string of the molecule is CCOC(=O)c1c(C)oc(N)c1C(N)=O. The van der Waals surface area contributed by atoms with Crippen molar-refractivity contribution in [1.29, 1.82) is 0 Å². The Labute approximate surface area is 86.2 Å². The van der Waals surface area contributed by atoms with E-state index in [2.05, 4.69) is 0 Å². The van der Waals surface area contributed by atoms with Gasteiger partial charge in [-0.05, 0) is 13.8 Å². The molecule has 0 saturated carbocycles. The number of primary amides is 1. The third-order valence-electron chi connectivity index (χ3n) is 1.84. The molecule has 0 unspecified atom stereocenters. The minimum atomic E-state index is -0.813. The Kier molecular flexibility index (Phi) is 2.99. The van der Waals surface area contributed by atoms with E-state index in [1.807, 2.05) is 0 Å². The monoisotopic (exact) mass is 212 g/mol. The van der Waals surface area contributed by atoms with Crippen molar-refractivity contribution in [3.05, 3.63) is 16.9 Å². The Hall–Kier alpha value is -1.98. The molecule has 15 heavy (non-hydrogen) atoms. The molecule has 0 saturated heterocycles. The first-order valence-electron chi connectivity index (χ1n) is 4.34. The number of amides is 1. The number of hydrogen-bond acceptors (Lipinski definition) is 5. The van der Waals surface area contributed by atoms with Crippen molar-refractivity contribution < 1.29 is 18.7 Å². The first-order valence-corrected chi connectivity index (χ1v) is 4.34. The van der Waals surface area contributed by atoms with Crippen molar-refractivity contribution in [2.75, 3.05) is 12.3 Å². The molecule has 1 rings (SSSR count). The van der Waals surface area contributed by atoms with Crippen LogP contribution in [0.4, 0.5) is 5.88 Å². The Bertz CT molecular complexity index is 408. The summed E-state index contributed by atoms with van der Waals surface area (Å²) in [6, 6.07) is 0. The van der Waals surface area contributed by atoms with Crippen LogP contribution in [0.3, 0.4) is 0 Å². The van der Waals surface area contributed by atoms with Crippen LogP contribution >= 0.6 is 0 Å². The number of anilines is 1. The maximum atomic E-state index is 11.5. The van der Waals surface area contributed by atoms with Crippen LogP contribution in [0.25, 0.3) is 0 Å². The van der Waals surface area contributed by atoms with E-state index in [9.17, 15) is 9.59 Å². The van der Waals surface area contributed by atoms with E-state index in [0.717, 1.165) is 0 Å². The molecular formula is C9H12N2O4. The highest BCUT2D eigenvalue weighted by molar-refractivity contribution is 6.08. The van der Waals surface area contributed by atoms with Crippen LogP contribution in [-0.4, -0.2) is 18.5 Å². The smallest absolute Gasteiger partial charge is 0.342 e. The van der Waals surface area contributed by atoms with Gasteiger partial charge in [-0.3, -0.25) is 4.79 Å². The lowest BCUT2D eigenvalue weighted by molar-refractivity contribution is 0.0521. The third kappa shape index (κ3) is 1.93. The van der Waals surface area contributed by atoms with E-state index in [4.69, 9.17) is 20.6 Å². The molecule has 4 N–H and O–H groups in total. The van der Waals surface area contributed by atoms with Crippen molar-refractivity contribution in [2.45, 2.75) is 13.8 Å². The Morgan fingerprint density at radius 1 is 1.40 bits per heavy atom. The van der Waals surface area contributed by atoms with E-state index < -0.39 is 11.9 Å². The van der Waals surface area contributed by atoms with Crippen LogP contribution in [0.1, 0.15) is 33.4 Å². The van der Waals surface area contributed by atoms with Gasteiger partial charge >= 0.3 is 5.97 Å². The number of hydrogen-bond donors (Lipinski definition) is 2. The summed E-state index contributed by atoms with van der Waals surface area (Å²) < 4.78 is 9.70. The number of rotatable bonds is 3. The van der Waals surface area contributed by atoms with Gasteiger partial charge in [0.25, 0.3) is 5.91 Å². The van der Waals surface area contributed by atoms with E-state index in [1.165, 1.54) is 6.92 Å². The predicted molar refractivity (Wildman–Crippen MR) is 52.3 cm³/mol. The fraction of sp³-hybridized carbons (Fsp3) is 0.333. The average molecular weight is 212 g/mol. The molecule has 0 aliphatic rings. The number of furan rings is 1. The van der Waals surface area contributed by atoms with E-state index >= 15 is 0 Å². The summed E-state index contributed by atoms with van der Waals surface area (Å²) >= 11 is 0. The number of carbonyl (C=O) groups is 2. The first kappa shape index (κ1) is 11.1. The number of esters is 1. The molecule has 0 fully saturated rings. The lowest BCUT2D eigenvalue weighted by Gasteiger charge is -2.01. The number of carbonyl (C=O) groups excluding carboxylic acids is 2. The lowest BCUT2D eigenvalue weighted by Crippen LogP contribution is -2.17. The highest BCUT2D eigenvalue weighted by Crippen LogP contribution is 2.24. The van der Waals surface area contributed by atoms with Crippen molar-refractivity contribution in [2.24, 2.45) is 5.73 Å². The average Bonchev–Trinajstić information content (AvgIpc) is 2.41. The minimum Gasteiger partial charge on any atom is -0.462 e. The fourth-order valence-electron chi connectivity index (χ4n) is 1.26. The second kappa shape index (κ2) is 4.04. The minimum absolute atomic E-state index is 0.00171. The zero-order valence-corrected chi connectivity index (χ0v) is 8.49. The Morgan fingerprint density at radius 3 is 2.47 bits per heavy atom. The normalized spacial score (nSPS) is 10.0. The van der Waals surface area contributed by atoms with Crippen LogP contribution < -0.4 is 11.5 Å². The summed E-state index contributed by atoms with van der Waals surface area (Å²) in [5.41, 5.74) is 10.4. The molecule has 1 aromatic heterocycles. The summed E-state index contributed by atoms with van der Waals surface area (Å²) in [4.78, 5) is 22.5. The molecule has 0 atom stereocenters. The molecule has 0 bridgehead atoms. The largest absolute Gasteiger partial charge is 0.462 e. The van der Waals surface area contributed by atoms with Crippen molar-refractivity contribution >= 4 is 17.8 Å². The van der Waals surface area contributed by atoms with Crippen LogP contribution in [0.5, 0.6) is 0 Å². The van der Waals surface area contributed by atoms with Crippen LogP contribution in [0, 0.1) is 6.92 Å². The molecule has 82 valence electrons. The Balaban J connectivity index is 3.26. The van der Waals surface area contributed by atoms with Crippen molar-refractivity contribution in [3.8, 4) is 0 Å². The van der Waals surface area contributed by atoms with Crippen molar-refractivity contribution in [1.82, 2.24) is 0 Å². The highest BCUT2D eigenvalue weighted by atomic mass is 16.5. The maximum absolute atomic E-state index is 11.5. The lowest BCUT2D eigenvalue weighted by atomic mass is 10.1. The van der Waals surface area contributed by atoms with Crippen molar-refractivity contribution in [3.63, 3.8) is 0 Å². The summed E-state index contributed by atoms with van der Waals surface area (Å²) in [7, 11) is 0. The highest BCUT2D eigenvalue weighted by Gasteiger charge is 2.26. The Morgan fingerprint density at radius 2 is 2.00 bits per heavy atom. The van der Waals surface area contributed by atoms with Gasteiger partial charge in [-0.1, -0.05) is 0 Å². The van der Waals surface area contributed by atoms with Gasteiger partial charge in [0.2, 0.25) is 5.88 Å². The molecular weight excluding hydrogens is 200 g/mol. The van der Waals surface area contributed by atoms with E-state index in [1.54, 1.807) is 6.92 Å². The fourth-order valence-corrected chi connectivity index (χ4v) is 1.26. The number of ether oxygens (including phenoxy) is 1. The molecule has 1 heterocycles. The number of nitrogen functional groups attached to an aromatic ring is 1. The molecule has 0 aromatic carbocycles. The van der Waals surface area contributed by atoms with Gasteiger partial charge in [-0.2, -0.15) is 0 Å². The predicted octanol–water partition coefficient (Wildman–Crippen LogP) is 0.446. The number of nitrogens with two attached hydrogens (primary N) is 2. The van der Waals surface area contributed by atoms with Crippen LogP contribution in [-0.2, 0) is 4.74 Å². The van der Waals surface area contributed by atoms with Gasteiger partial charge in [0.15, 0.2) is 0 Å². The first-order chi connectivity index (χ1) is 6.99. The standard InChI is InChI=1S/C9H12N2O4/c1-3-14-9(13)5-4(2)15-8(11)6(5)7(10)12/h3,11H2,1-2H3,(H2,10,12). The summed E-state index contributed by atoms with van der Waals surface area (Å²) in [6.07, 6.45) is 0. The maximum Gasteiger partial charge on any atom is 0.342 e. The van der Waals surface area contributed by atoms with Crippen LogP contribution in [0.15, 0.2) is 4.42 Å². The second-order valence-corrected chi connectivity index (χ2v) is 2.86. The summed E-state index contributed by atoms with van der Waals surface area (Å²) in [6.45, 7) is 3.36.